The summed E-state index contributed by atoms with van der Waals surface area (Å²) in [6.07, 6.45) is 6.45. The molecule has 2 aromatic rings. The van der Waals surface area contributed by atoms with Crippen LogP contribution in [0.3, 0.4) is 0 Å². The molecule has 1 aromatic heterocycles. The van der Waals surface area contributed by atoms with Crippen molar-refractivity contribution in [2.45, 2.75) is 18.9 Å². The first-order valence-corrected chi connectivity index (χ1v) is 8.22. The molecule has 0 N–H and O–H groups in total. The van der Waals surface area contributed by atoms with Crippen LogP contribution in [0.15, 0.2) is 42.9 Å². The fourth-order valence-electron chi connectivity index (χ4n) is 2.71. The van der Waals surface area contributed by atoms with Crippen LogP contribution in [0, 0.1) is 0 Å². The molecule has 7 heteroatoms. The van der Waals surface area contributed by atoms with E-state index in [2.05, 4.69) is 9.97 Å². The zero-order valence-electron chi connectivity index (χ0n) is 14.1. The molecule has 0 radical (unpaired) electrons. The van der Waals surface area contributed by atoms with E-state index in [9.17, 15) is 4.79 Å². The highest BCUT2D eigenvalue weighted by molar-refractivity contribution is 5.78. The van der Waals surface area contributed by atoms with Gasteiger partial charge in [-0.05, 0) is 25.0 Å². The van der Waals surface area contributed by atoms with Gasteiger partial charge in [-0.15, -0.1) is 0 Å². The summed E-state index contributed by atoms with van der Waals surface area (Å²) < 4.78 is 16.5. The van der Waals surface area contributed by atoms with Crippen LogP contribution in [0.1, 0.15) is 12.8 Å². The number of carbonyl (C=O) groups excluding carboxylic acids is 1. The van der Waals surface area contributed by atoms with Crippen LogP contribution in [0.25, 0.3) is 0 Å². The first-order chi connectivity index (χ1) is 12.2. The Bertz CT molecular complexity index is 696. The van der Waals surface area contributed by atoms with E-state index in [-0.39, 0.29) is 18.6 Å². The monoisotopic (exact) mass is 343 g/mol. The number of likely N-dealkylation sites (tertiary alicyclic amines) is 1. The first-order valence-electron chi connectivity index (χ1n) is 8.22. The van der Waals surface area contributed by atoms with Gasteiger partial charge in [0, 0.05) is 25.0 Å². The lowest BCUT2D eigenvalue weighted by molar-refractivity contribution is -0.136. The first kappa shape index (κ1) is 17.0. The van der Waals surface area contributed by atoms with Crippen LogP contribution in [0.4, 0.5) is 0 Å². The number of benzene rings is 1. The SMILES string of the molecule is COc1cccc(OCC(=O)N2CCC[C@@H](Oc3cnccn3)C2)c1. The lowest BCUT2D eigenvalue weighted by Crippen LogP contribution is -2.46. The Kier molecular flexibility index (Phi) is 5.66. The molecule has 7 nitrogen and oxygen atoms in total. The standard InChI is InChI=1S/C18H21N3O4/c1-23-14-4-2-5-15(10-14)24-13-18(22)21-9-3-6-16(12-21)25-17-11-19-7-8-20-17/h2,4-5,7-8,10-11,16H,3,6,9,12-13H2,1H3/t16-/m1/s1. The molecule has 1 aromatic carbocycles. The zero-order valence-corrected chi connectivity index (χ0v) is 14.1. The minimum Gasteiger partial charge on any atom is -0.497 e. The second-order valence-corrected chi connectivity index (χ2v) is 5.73. The summed E-state index contributed by atoms with van der Waals surface area (Å²) in [5.41, 5.74) is 0. The third-order valence-electron chi connectivity index (χ3n) is 3.96. The van der Waals surface area contributed by atoms with Crippen molar-refractivity contribution in [2.24, 2.45) is 0 Å². The van der Waals surface area contributed by atoms with Crippen molar-refractivity contribution < 1.29 is 19.0 Å². The van der Waals surface area contributed by atoms with Crippen molar-refractivity contribution in [2.75, 3.05) is 26.8 Å². The van der Waals surface area contributed by atoms with Gasteiger partial charge in [0.05, 0.1) is 19.9 Å². The molecule has 2 heterocycles. The molecule has 1 aliphatic heterocycles. The molecule has 0 spiro atoms. The number of piperidine rings is 1. The summed E-state index contributed by atoms with van der Waals surface area (Å²) in [7, 11) is 1.59. The number of methoxy groups -OCH3 is 1. The molecule has 1 fully saturated rings. The molecule has 0 saturated carbocycles. The van der Waals surface area contributed by atoms with Gasteiger partial charge in [-0.1, -0.05) is 6.07 Å². The van der Waals surface area contributed by atoms with E-state index in [1.165, 1.54) is 0 Å². The summed E-state index contributed by atoms with van der Waals surface area (Å²) in [4.78, 5) is 22.3. The number of hydrogen-bond acceptors (Lipinski definition) is 6. The molecular formula is C18H21N3O4. The van der Waals surface area contributed by atoms with Gasteiger partial charge in [0.1, 0.15) is 17.6 Å². The van der Waals surface area contributed by atoms with E-state index in [1.54, 1.807) is 42.7 Å². The van der Waals surface area contributed by atoms with Gasteiger partial charge in [0.2, 0.25) is 5.88 Å². The van der Waals surface area contributed by atoms with Crippen molar-refractivity contribution >= 4 is 5.91 Å². The van der Waals surface area contributed by atoms with Crippen LogP contribution in [0.2, 0.25) is 0 Å². The molecular weight excluding hydrogens is 322 g/mol. The minimum absolute atomic E-state index is 0.00890. The Balaban J connectivity index is 1.51. The largest absolute Gasteiger partial charge is 0.497 e. The number of hydrogen-bond donors (Lipinski definition) is 0. The van der Waals surface area contributed by atoms with E-state index >= 15 is 0 Å². The maximum absolute atomic E-state index is 12.4. The second-order valence-electron chi connectivity index (χ2n) is 5.73. The molecule has 0 unspecified atom stereocenters. The Morgan fingerprint density at radius 2 is 2.20 bits per heavy atom. The molecule has 0 aliphatic carbocycles. The fourth-order valence-corrected chi connectivity index (χ4v) is 2.71. The predicted molar refractivity (Wildman–Crippen MR) is 90.8 cm³/mol. The van der Waals surface area contributed by atoms with Crippen molar-refractivity contribution in [3.63, 3.8) is 0 Å². The fraction of sp³-hybridized carbons (Fsp3) is 0.389. The third kappa shape index (κ3) is 4.82. The van der Waals surface area contributed by atoms with Gasteiger partial charge in [-0.25, -0.2) is 4.98 Å². The van der Waals surface area contributed by atoms with Gasteiger partial charge in [0.15, 0.2) is 6.61 Å². The van der Waals surface area contributed by atoms with Crippen LogP contribution in [0.5, 0.6) is 17.4 Å². The van der Waals surface area contributed by atoms with E-state index < -0.39 is 0 Å². The lowest BCUT2D eigenvalue weighted by Gasteiger charge is -2.32. The van der Waals surface area contributed by atoms with Crippen molar-refractivity contribution in [3.8, 4) is 17.4 Å². The summed E-state index contributed by atoms with van der Waals surface area (Å²) in [5.74, 6) is 1.72. The highest BCUT2D eigenvalue weighted by atomic mass is 16.5. The van der Waals surface area contributed by atoms with Crippen molar-refractivity contribution in [1.82, 2.24) is 14.9 Å². The third-order valence-corrected chi connectivity index (χ3v) is 3.96. The molecule has 1 saturated heterocycles. The Morgan fingerprint density at radius 1 is 1.32 bits per heavy atom. The number of amides is 1. The number of ether oxygens (including phenoxy) is 3. The molecule has 132 valence electrons. The maximum Gasteiger partial charge on any atom is 0.260 e. The summed E-state index contributed by atoms with van der Waals surface area (Å²) in [6.45, 7) is 1.22. The van der Waals surface area contributed by atoms with Gasteiger partial charge >= 0.3 is 0 Å². The van der Waals surface area contributed by atoms with E-state index in [1.807, 2.05) is 12.1 Å². The van der Waals surface area contributed by atoms with Crippen LogP contribution >= 0.6 is 0 Å². The van der Waals surface area contributed by atoms with E-state index in [0.717, 1.165) is 12.8 Å². The highest BCUT2D eigenvalue weighted by Crippen LogP contribution is 2.20. The van der Waals surface area contributed by atoms with Gasteiger partial charge in [-0.2, -0.15) is 0 Å². The molecule has 1 aliphatic rings. The zero-order chi connectivity index (χ0) is 17.5. The lowest BCUT2D eigenvalue weighted by atomic mass is 10.1. The maximum atomic E-state index is 12.4. The van der Waals surface area contributed by atoms with E-state index in [0.29, 0.717) is 30.5 Å². The van der Waals surface area contributed by atoms with Crippen LogP contribution in [-0.4, -0.2) is 53.7 Å². The average Bonchev–Trinajstić information content (AvgIpc) is 2.67. The van der Waals surface area contributed by atoms with Crippen molar-refractivity contribution in [1.29, 1.82) is 0 Å². The Morgan fingerprint density at radius 3 is 3.00 bits per heavy atom. The summed E-state index contributed by atoms with van der Waals surface area (Å²) in [5, 5.41) is 0. The Hall–Kier alpha value is -2.83. The summed E-state index contributed by atoms with van der Waals surface area (Å²) in [6, 6.07) is 7.20. The number of carbonyl (C=O) groups is 1. The normalized spacial score (nSPS) is 17.0. The molecule has 0 bridgehead atoms. The predicted octanol–water partition coefficient (Wildman–Crippen LogP) is 1.93. The second kappa shape index (κ2) is 8.32. The minimum atomic E-state index is -0.0776. The van der Waals surface area contributed by atoms with E-state index in [4.69, 9.17) is 14.2 Å². The highest BCUT2D eigenvalue weighted by Gasteiger charge is 2.25. The quantitative estimate of drug-likeness (QED) is 0.798. The molecule has 25 heavy (non-hydrogen) atoms. The average molecular weight is 343 g/mol. The van der Waals surface area contributed by atoms with Crippen LogP contribution in [-0.2, 0) is 4.79 Å². The molecule has 3 rings (SSSR count). The Labute approximate surface area is 146 Å². The number of rotatable bonds is 6. The summed E-state index contributed by atoms with van der Waals surface area (Å²) >= 11 is 0. The number of aromatic nitrogens is 2. The smallest absolute Gasteiger partial charge is 0.260 e. The van der Waals surface area contributed by atoms with Gasteiger partial charge in [0.25, 0.3) is 5.91 Å². The molecule has 1 amide bonds. The number of nitrogens with zero attached hydrogens (tertiary/aromatic N) is 3. The molecule has 1 atom stereocenters. The van der Waals surface area contributed by atoms with Gasteiger partial charge in [-0.3, -0.25) is 9.78 Å². The van der Waals surface area contributed by atoms with Crippen LogP contribution < -0.4 is 14.2 Å². The van der Waals surface area contributed by atoms with Gasteiger partial charge < -0.3 is 19.1 Å². The van der Waals surface area contributed by atoms with Crippen molar-refractivity contribution in [3.05, 3.63) is 42.9 Å². The topological polar surface area (TPSA) is 73.8 Å².